The molecule has 16 heavy (non-hydrogen) atoms. The lowest BCUT2D eigenvalue weighted by molar-refractivity contribution is -0.182. The van der Waals surface area contributed by atoms with Gasteiger partial charge in [0.15, 0.2) is 5.79 Å². The van der Waals surface area contributed by atoms with Crippen molar-refractivity contribution in [3.05, 3.63) is 0 Å². The Morgan fingerprint density at radius 1 is 0.875 bits per heavy atom. The van der Waals surface area contributed by atoms with Crippen LogP contribution in [0.15, 0.2) is 0 Å². The van der Waals surface area contributed by atoms with E-state index in [1.54, 1.807) is 0 Å². The molecular formula is C14H30O2. The first kappa shape index (κ1) is 15.9. The van der Waals surface area contributed by atoms with Crippen molar-refractivity contribution in [2.24, 2.45) is 5.92 Å². The van der Waals surface area contributed by atoms with E-state index in [1.165, 1.54) is 51.9 Å². The topological polar surface area (TPSA) is 40.5 Å². The zero-order chi connectivity index (χ0) is 12.4. The van der Waals surface area contributed by atoms with Crippen molar-refractivity contribution in [3.63, 3.8) is 0 Å². The number of aliphatic hydroxyl groups is 2. The van der Waals surface area contributed by atoms with Gasteiger partial charge in [-0.1, -0.05) is 65.2 Å². The molecule has 0 fully saturated rings. The van der Waals surface area contributed by atoms with Crippen LogP contribution in [0.2, 0.25) is 0 Å². The Morgan fingerprint density at radius 2 is 1.31 bits per heavy atom. The Balaban J connectivity index is 3.21. The standard InChI is InChI=1S/C14H30O2/c1-4-5-6-7-8-9-10-11-12-13(2)14(3,15)16/h13,15-16H,4-12H2,1-3H3. The molecule has 2 N–H and O–H groups in total. The van der Waals surface area contributed by atoms with Gasteiger partial charge in [0.05, 0.1) is 0 Å². The second-order valence-electron chi connectivity index (χ2n) is 5.26. The highest BCUT2D eigenvalue weighted by molar-refractivity contribution is 4.66. The van der Waals surface area contributed by atoms with E-state index >= 15 is 0 Å². The molecule has 0 saturated heterocycles. The van der Waals surface area contributed by atoms with Crippen molar-refractivity contribution < 1.29 is 10.2 Å². The second-order valence-corrected chi connectivity index (χ2v) is 5.26. The summed E-state index contributed by atoms with van der Waals surface area (Å²) >= 11 is 0. The van der Waals surface area contributed by atoms with Crippen LogP contribution in [0.5, 0.6) is 0 Å². The zero-order valence-corrected chi connectivity index (χ0v) is 11.3. The van der Waals surface area contributed by atoms with Crippen LogP contribution in [-0.2, 0) is 0 Å². The highest BCUT2D eigenvalue weighted by atomic mass is 16.5. The third kappa shape index (κ3) is 9.17. The van der Waals surface area contributed by atoms with Crippen LogP contribution in [0.3, 0.4) is 0 Å². The van der Waals surface area contributed by atoms with Crippen LogP contribution in [0.4, 0.5) is 0 Å². The molecule has 0 amide bonds. The van der Waals surface area contributed by atoms with E-state index in [0.29, 0.717) is 0 Å². The van der Waals surface area contributed by atoms with Gasteiger partial charge >= 0.3 is 0 Å². The van der Waals surface area contributed by atoms with E-state index in [1.807, 2.05) is 6.92 Å². The van der Waals surface area contributed by atoms with Gasteiger partial charge in [-0.2, -0.15) is 0 Å². The van der Waals surface area contributed by atoms with Gasteiger partial charge in [-0.25, -0.2) is 0 Å². The normalized spacial score (nSPS) is 14.1. The Morgan fingerprint density at radius 3 is 1.75 bits per heavy atom. The molecule has 2 nitrogen and oxygen atoms in total. The molecule has 0 heterocycles. The number of rotatable bonds is 10. The minimum absolute atomic E-state index is 0.0207. The van der Waals surface area contributed by atoms with Crippen LogP contribution >= 0.6 is 0 Å². The SMILES string of the molecule is CCCCCCCCCCC(C)C(C)(O)O. The van der Waals surface area contributed by atoms with Gasteiger partial charge in [0.2, 0.25) is 0 Å². The maximum Gasteiger partial charge on any atom is 0.162 e. The third-order valence-corrected chi connectivity index (χ3v) is 3.42. The Bertz CT molecular complexity index is 149. The molecule has 0 spiro atoms. The van der Waals surface area contributed by atoms with Crippen molar-refractivity contribution in [3.8, 4) is 0 Å². The van der Waals surface area contributed by atoms with Crippen molar-refractivity contribution in [2.45, 2.75) is 84.3 Å². The van der Waals surface area contributed by atoms with Crippen molar-refractivity contribution in [1.29, 1.82) is 0 Å². The van der Waals surface area contributed by atoms with Gasteiger partial charge in [-0.05, 0) is 13.3 Å². The molecule has 0 aliphatic rings. The monoisotopic (exact) mass is 230 g/mol. The summed E-state index contributed by atoms with van der Waals surface area (Å²) in [6.45, 7) is 5.62. The lowest BCUT2D eigenvalue weighted by atomic mass is 9.95. The summed E-state index contributed by atoms with van der Waals surface area (Å²) in [7, 11) is 0. The Kier molecular flexibility index (Phi) is 8.96. The van der Waals surface area contributed by atoms with Crippen LogP contribution in [0.1, 0.15) is 78.6 Å². The summed E-state index contributed by atoms with van der Waals surface area (Å²) in [5.41, 5.74) is 0. The molecule has 1 atom stereocenters. The second kappa shape index (κ2) is 9.00. The first-order valence-electron chi connectivity index (χ1n) is 6.93. The van der Waals surface area contributed by atoms with E-state index in [2.05, 4.69) is 6.92 Å². The molecule has 1 unspecified atom stereocenters. The average molecular weight is 230 g/mol. The molecule has 98 valence electrons. The predicted molar refractivity (Wildman–Crippen MR) is 69.2 cm³/mol. The highest BCUT2D eigenvalue weighted by Gasteiger charge is 2.23. The fraction of sp³-hybridized carbons (Fsp3) is 1.00. The van der Waals surface area contributed by atoms with Gasteiger partial charge < -0.3 is 10.2 Å². The molecule has 0 aromatic heterocycles. The molecule has 0 aliphatic heterocycles. The molecule has 0 saturated carbocycles. The lowest BCUT2D eigenvalue weighted by Crippen LogP contribution is -2.31. The smallest absolute Gasteiger partial charge is 0.162 e. The minimum atomic E-state index is -1.50. The fourth-order valence-corrected chi connectivity index (χ4v) is 1.86. The maximum absolute atomic E-state index is 9.34. The van der Waals surface area contributed by atoms with Gasteiger partial charge in [0.1, 0.15) is 0 Å². The number of hydrogen-bond donors (Lipinski definition) is 2. The molecule has 0 radical (unpaired) electrons. The molecule has 0 aromatic carbocycles. The zero-order valence-electron chi connectivity index (χ0n) is 11.3. The van der Waals surface area contributed by atoms with Gasteiger partial charge in [0, 0.05) is 5.92 Å². The summed E-state index contributed by atoms with van der Waals surface area (Å²) < 4.78 is 0. The van der Waals surface area contributed by atoms with Crippen LogP contribution in [0, 0.1) is 5.92 Å². The third-order valence-electron chi connectivity index (χ3n) is 3.42. The highest BCUT2D eigenvalue weighted by Crippen LogP contribution is 2.20. The van der Waals surface area contributed by atoms with Crippen molar-refractivity contribution in [2.75, 3.05) is 0 Å². The van der Waals surface area contributed by atoms with E-state index < -0.39 is 5.79 Å². The van der Waals surface area contributed by atoms with Crippen molar-refractivity contribution >= 4 is 0 Å². The quantitative estimate of drug-likeness (QED) is 0.442. The molecular weight excluding hydrogens is 200 g/mol. The number of unbranched alkanes of at least 4 members (excludes halogenated alkanes) is 7. The predicted octanol–water partition coefficient (Wildman–Crippen LogP) is 3.85. The minimum Gasteiger partial charge on any atom is -0.366 e. The first-order chi connectivity index (χ1) is 7.48. The van der Waals surface area contributed by atoms with Crippen LogP contribution < -0.4 is 0 Å². The van der Waals surface area contributed by atoms with E-state index in [-0.39, 0.29) is 5.92 Å². The van der Waals surface area contributed by atoms with E-state index in [4.69, 9.17) is 0 Å². The summed E-state index contributed by atoms with van der Waals surface area (Å²) in [6.07, 6.45) is 11.3. The summed E-state index contributed by atoms with van der Waals surface area (Å²) in [5, 5.41) is 18.7. The fourth-order valence-electron chi connectivity index (χ4n) is 1.86. The van der Waals surface area contributed by atoms with Crippen LogP contribution in [0.25, 0.3) is 0 Å². The van der Waals surface area contributed by atoms with E-state index in [0.717, 1.165) is 12.8 Å². The van der Waals surface area contributed by atoms with Gasteiger partial charge in [-0.15, -0.1) is 0 Å². The average Bonchev–Trinajstić information content (AvgIpc) is 2.20. The number of hydrogen-bond acceptors (Lipinski definition) is 2. The largest absolute Gasteiger partial charge is 0.366 e. The molecule has 0 aromatic rings. The Labute approximate surface area is 101 Å². The van der Waals surface area contributed by atoms with Crippen LogP contribution in [-0.4, -0.2) is 16.0 Å². The first-order valence-corrected chi connectivity index (χ1v) is 6.93. The van der Waals surface area contributed by atoms with Gasteiger partial charge in [0.25, 0.3) is 0 Å². The molecule has 0 bridgehead atoms. The Hall–Kier alpha value is -0.0800. The maximum atomic E-state index is 9.34. The van der Waals surface area contributed by atoms with Crippen molar-refractivity contribution in [1.82, 2.24) is 0 Å². The van der Waals surface area contributed by atoms with E-state index in [9.17, 15) is 10.2 Å². The molecule has 0 aliphatic carbocycles. The summed E-state index contributed by atoms with van der Waals surface area (Å²) in [6, 6.07) is 0. The summed E-state index contributed by atoms with van der Waals surface area (Å²) in [5.74, 6) is -1.52. The van der Waals surface area contributed by atoms with Gasteiger partial charge in [-0.3, -0.25) is 0 Å². The molecule has 0 rings (SSSR count). The summed E-state index contributed by atoms with van der Waals surface area (Å²) in [4.78, 5) is 0. The lowest BCUT2D eigenvalue weighted by Gasteiger charge is -2.24. The molecule has 2 heteroatoms.